The highest BCUT2D eigenvalue weighted by atomic mass is 15.1. The lowest BCUT2D eigenvalue weighted by molar-refractivity contribution is 0.866. The van der Waals surface area contributed by atoms with Crippen LogP contribution in [0.2, 0.25) is 0 Å². The van der Waals surface area contributed by atoms with Crippen LogP contribution in [0.1, 0.15) is 25.1 Å². The van der Waals surface area contributed by atoms with Gasteiger partial charge in [-0.2, -0.15) is 4.98 Å². The Labute approximate surface area is 144 Å². The van der Waals surface area contributed by atoms with Crippen molar-refractivity contribution in [2.45, 2.75) is 27.7 Å². The largest absolute Gasteiger partial charge is 0.372 e. The summed E-state index contributed by atoms with van der Waals surface area (Å²) in [6, 6.07) is 8.34. The van der Waals surface area contributed by atoms with Crippen molar-refractivity contribution in [2.24, 2.45) is 0 Å². The van der Waals surface area contributed by atoms with Gasteiger partial charge in [0.2, 0.25) is 5.95 Å². The van der Waals surface area contributed by atoms with Crippen LogP contribution >= 0.6 is 0 Å². The van der Waals surface area contributed by atoms with E-state index in [-0.39, 0.29) is 0 Å². The fourth-order valence-electron chi connectivity index (χ4n) is 2.59. The van der Waals surface area contributed by atoms with Crippen molar-refractivity contribution in [2.75, 3.05) is 35.2 Å². The maximum Gasteiger partial charge on any atom is 0.229 e. The van der Waals surface area contributed by atoms with Gasteiger partial charge < -0.3 is 15.5 Å². The molecule has 0 amide bonds. The van der Waals surface area contributed by atoms with E-state index in [4.69, 9.17) is 0 Å². The third kappa shape index (κ3) is 4.47. The van der Waals surface area contributed by atoms with Crippen LogP contribution in [0.25, 0.3) is 0 Å². The smallest absolute Gasteiger partial charge is 0.229 e. The third-order valence-electron chi connectivity index (χ3n) is 3.87. The molecule has 5 heteroatoms. The van der Waals surface area contributed by atoms with E-state index in [1.807, 2.05) is 13.0 Å². The lowest BCUT2D eigenvalue weighted by atomic mass is 10.1. The second-order valence-electron chi connectivity index (χ2n) is 5.68. The number of benzene rings is 1. The highest BCUT2D eigenvalue weighted by Crippen LogP contribution is 2.25. The van der Waals surface area contributed by atoms with Crippen molar-refractivity contribution < 1.29 is 0 Å². The summed E-state index contributed by atoms with van der Waals surface area (Å²) in [5.74, 6) is 1.39. The molecule has 0 atom stereocenters. The fourth-order valence-corrected chi connectivity index (χ4v) is 2.59. The molecule has 0 aliphatic heterocycles. The minimum Gasteiger partial charge on any atom is -0.372 e. The van der Waals surface area contributed by atoms with Crippen molar-refractivity contribution in [3.8, 4) is 0 Å². The van der Waals surface area contributed by atoms with Crippen LogP contribution < -0.4 is 15.5 Å². The first-order valence-corrected chi connectivity index (χ1v) is 8.40. The van der Waals surface area contributed by atoms with Gasteiger partial charge in [-0.05, 0) is 51.5 Å². The molecule has 1 aromatic carbocycles. The minimum absolute atomic E-state index is 0.597. The van der Waals surface area contributed by atoms with E-state index in [2.05, 4.69) is 71.1 Å². The molecule has 2 rings (SSSR count). The molecule has 5 nitrogen and oxygen atoms in total. The highest BCUT2D eigenvalue weighted by molar-refractivity contribution is 5.64. The second-order valence-corrected chi connectivity index (χ2v) is 5.68. The average Bonchev–Trinajstić information content (AvgIpc) is 2.56. The zero-order valence-corrected chi connectivity index (χ0v) is 15.1. The SMILES string of the molecule is C=CCNc1cc(C)nc(Nc2ccc(N(CC)CC)cc2C)n1. The number of rotatable bonds is 8. The summed E-state index contributed by atoms with van der Waals surface area (Å²) in [4.78, 5) is 11.3. The van der Waals surface area contributed by atoms with Crippen LogP contribution in [-0.4, -0.2) is 29.6 Å². The standard InChI is InChI=1S/C19H27N5/c1-6-11-20-18-13-15(5)21-19(23-18)22-17-10-9-16(12-14(17)4)24(7-2)8-3/h6,9-10,12-13H,1,7-8,11H2,2-5H3,(H2,20,21,22,23). The van der Waals surface area contributed by atoms with Gasteiger partial charge in [-0.1, -0.05) is 6.08 Å². The molecular weight excluding hydrogens is 298 g/mol. The van der Waals surface area contributed by atoms with Crippen molar-refractivity contribution in [1.82, 2.24) is 9.97 Å². The van der Waals surface area contributed by atoms with E-state index in [1.165, 1.54) is 11.3 Å². The average molecular weight is 325 g/mol. The third-order valence-corrected chi connectivity index (χ3v) is 3.87. The van der Waals surface area contributed by atoms with E-state index < -0.39 is 0 Å². The van der Waals surface area contributed by atoms with Gasteiger partial charge in [0.1, 0.15) is 5.82 Å². The Morgan fingerprint density at radius 1 is 1.12 bits per heavy atom. The van der Waals surface area contributed by atoms with Crippen molar-refractivity contribution in [3.05, 3.63) is 48.2 Å². The van der Waals surface area contributed by atoms with Gasteiger partial charge in [0.15, 0.2) is 0 Å². The Morgan fingerprint density at radius 2 is 1.88 bits per heavy atom. The molecule has 1 heterocycles. The molecule has 2 N–H and O–H groups in total. The second kappa shape index (κ2) is 8.34. The van der Waals surface area contributed by atoms with Crippen LogP contribution in [-0.2, 0) is 0 Å². The van der Waals surface area contributed by atoms with Crippen LogP contribution in [0.4, 0.5) is 23.1 Å². The summed E-state index contributed by atoms with van der Waals surface area (Å²) >= 11 is 0. The Balaban J connectivity index is 2.21. The van der Waals surface area contributed by atoms with Crippen molar-refractivity contribution in [1.29, 1.82) is 0 Å². The van der Waals surface area contributed by atoms with Crippen LogP contribution in [0.15, 0.2) is 36.9 Å². The molecule has 0 saturated carbocycles. The van der Waals surface area contributed by atoms with Gasteiger partial charge in [-0.3, -0.25) is 0 Å². The highest BCUT2D eigenvalue weighted by Gasteiger charge is 2.07. The number of nitrogens with one attached hydrogen (secondary N) is 2. The van der Waals surface area contributed by atoms with Crippen LogP contribution in [0, 0.1) is 13.8 Å². The first-order chi connectivity index (χ1) is 11.6. The minimum atomic E-state index is 0.597. The van der Waals surface area contributed by atoms with Gasteiger partial charge in [0, 0.05) is 42.8 Å². The normalized spacial score (nSPS) is 10.3. The maximum atomic E-state index is 4.51. The molecular formula is C19H27N5. The lowest BCUT2D eigenvalue weighted by Gasteiger charge is -2.22. The Bertz CT molecular complexity index is 692. The zero-order valence-electron chi connectivity index (χ0n) is 15.1. The Hall–Kier alpha value is -2.56. The maximum absolute atomic E-state index is 4.51. The molecule has 128 valence electrons. The molecule has 24 heavy (non-hydrogen) atoms. The number of anilines is 4. The van der Waals surface area contributed by atoms with Crippen LogP contribution in [0.3, 0.4) is 0 Å². The van der Waals surface area contributed by atoms with Crippen molar-refractivity contribution >= 4 is 23.1 Å². The molecule has 0 aliphatic carbocycles. The molecule has 0 unspecified atom stereocenters. The molecule has 0 bridgehead atoms. The van der Waals surface area contributed by atoms with Crippen molar-refractivity contribution in [3.63, 3.8) is 0 Å². The lowest BCUT2D eigenvalue weighted by Crippen LogP contribution is -2.21. The Morgan fingerprint density at radius 3 is 2.50 bits per heavy atom. The van der Waals surface area contributed by atoms with E-state index in [1.54, 1.807) is 6.08 Å². The zero-order chi connectivity index (χ0) is 17.5. The predicted molar refractivity (Wildman–Crippen MR) is 103 cm³/mol. The van der Waals surface area contributed by atoms with Gasteiger partial charge in [0.05, 0.1) is 0 Å². The molecule has 0 radical (unpaired) electrons. The molecule has 0 saturated heterocycles. The summed E-state index contributed by atoms with van der Waals surface area (Å²) in [7, 11) is 0. The Kier molecular flexibility index (Phi) is 6.18. The monoisotopic (exact) mass is 325 g/mol. The number of hydrogen-bond donors (Lipinski definition) is 2. The predicted octanol–water partition coefficient (Wildman–Crippen LogP) is 4.28. The summed E-state index contributed by atoms with van der Waals surface area (Å²) in [6.07, 6.45) is 1.81. The van der Waals surface area contributed by atoms with E-state index in [0.717, 1.165) is 30.3 Å². The summed E-state index contributed by atoms with van der Waals surface area (Å²) in [6.45, 7) is 14.8. The number of aromatic nitrogens is 2. The van der Waals surface area contributed by atoms with Gasteiger partial charge in [-0.15, -0.1) is 6.58 Å². The first-order valence-electron chi connectivity index (χ1n) is 8.40. The fraction of sp³-hybridized carbons (Fsp3) is 0.368. The molecule has 1 aromatic heterocycles. The summed E-state index contributed by atoms with van der Waals surface area (Å²) < 4.78 is 0. The molecule has 2 aromatic rings. The summed E-state index contributed by atoms with van der Waals surface area (Å²) in [5.41, 5.74) is 4.34. The van der Waals surface area contributed by atoms with E-state index in [9.17, 15) is 0 Å². The van der Waals surface area contributed by atoms with Crippen LogP contribution in [0.5, 0.6) is 0 Å². The molecule has 0 aliphatic rings. The first kappa shape index (κ1) is 17.8. The topological polar surface area (TPSA) is 53.1 Å². The summed E-state index contributed by atoms with van der Waals surface area (Å²) in [5, 5.41) is 6.52. The van der Waals surface area contributed by atoms with Gasteiger partial charge in [0.25, 0.3) is 0 Å². The van der Waals surface area contributed by atoms with Gasteiger partial charge in [-0.25, -0.2) is 4.98 Å². The number of aryl methyl sites for hydroxylation is 2. The van der Waals surface area contributed by atoms with E-state index >= 15 is 0 Å². The number of nitrogens with zero attached hydrogens (tertiary/aromatic N) is 3. The van der Waals surface area contributed by atoms with Gasteiger partial charge >= 0.3 is 0 Å². The quantitative estimate of drug-likeness (QED) is 0.709. The van der Waals surface area contributed by atoms with E-state index in [0.29, 0.717) is 12.5 Å². The molecule has 0 spiro atoms. The molecule has 0 fully saturated rings. The number of hydrogen-bond acceptors (Lipinski definition) is 5.